The Kier molecular flexibility index (Phi) is 5.16. The summed E-state index contributed by atoms with van der Waals surface area (Å²) in [5.74, 6) is -0.642. The minimum atomic E-state index is -0.289. The lowest BCUT2D eigenvalue weighted by molar-refractivity contribution is -0.120. The van der Waals surface area contributed by atoms with E-state index in [9.17, 15) is 13.6 Å². The summed E-state index contributed by atoms with van der Waals surface area (Å²) in [5.41, 5.74) is 3.38. The van der Waals surface area contributed by atoms with Gasteiger partial charge in [0, 0.05) is 29.4 Å². The number of hydrogen-bond donors (Lipinski definition) is 1. The molecule has 0 atom stereocenters. The van der Waals surface area contributed by atoms with E-state index in [0.29, 0.717) is 13.0 Å². The first-order chi connectivity index (χ1) is 13.6. The molecule has 4 aromatic rings. The van der Waals surface area contributed by atoms with Gasteiger partial charge in [0.15, 0.2) is 4.96 Å². The number of aromatic nitrogens is 2. The van der Waals surface area contributed by atoms with E-state index < -0.39 is 0 Å². The molecule has 0 saturated heterocycles. The van der Waals surface area contributed by atoms with Crippen LogP contribution in [0.2, 0.25) is 0 Å². The third kappa shape index (κ3) is 4.09. The highest BCUT2D eigenvalue weighted by Gasteiger charge is 2.12. The maximum absolute atomic E-state index is 13.1. The summed E-state index contributed by atoms with van der Waals surface area (Å²) < 4.78 is 27.9. The lowest BCUT2D eigenvalue weighted by atomic mass is 10.1. The summed E-state index contributed by atoms with van der Waals surface area (Å²) in [7, 11) is 0. The molecule has 0 unspecified atom stereocenters. The van der Waals surface area contributed by atoms with Gasteiger partial charge in [0.05, 0.1) is 12.1 Å². The second-order valence-corrected chi connectivity index (χ2v) is 7.25. The summed E-state index contributed by atoms with van der Waals surface area (Å²) in [6, 6.07) is 12.4. The third-order valence-corrected chi connectivity index (χ3v) is 5.30. The fourth-order valence-corrected chi connectivity index (χ4v) is 3.81. The molecule has 2 aromatic carbocycles. The number of hydrogen-bond acceptors (Lipinski definition) is 3. The van der Waals surface area contributed by atoms with E-state index in [0.717, 1.165) is 27.5 Å². The van der Waals surface area contributed by atoms with Gasteiger partial charge in [0.1, 0.15) is 11.6 Å². The highest BCUT2D eigenvalue weighted by Crippen LogP contribution is 2.24. The number of nitrogens with one attached hydrogen (secondary N) is 1. The zero-order valence-corrected chi connectivity index (χ0v) is 15.7. The Hall–Kier alpha value is -3.06. The molecule has 2 heterocycles. The largest absolute Gasteiger partial charge is 0.355 e. The Morgan fingerprint density at radius 2 is 1.71 bits per heavy atom. The second-order valence-electron chi connectivity index (χ2n) is 6.42. The first-order valence-corrected chi connectivity index (χ1v) is 9.69. The molecule has 0 fully saturated rings. The highest BCUT2D eigenvalue weighted by atomic mass is 32.1. The van der Waals surface area contributed by atoms with E-state index in [2.05, 4.69) is 10.3 Å². The molecule has 7 heteroatoms. The van der Waals surface area contributed by atoms with Gasteiger partial charge in [0.2, 0.25) is 5.91 Å². The minimum Gasteiger partial charge on any atom is -0.355 e. The quantitative estimate of drug-likeness (QED) is 0.529. The Morgan fingerprint density at radius 1 is 1.04 bits per heavy atom. The van der Waals surface area contributed by atoms with Crippen molar-refractivity contribution in [3.8, 4) is 11.3 Å². The average Bonchev–Trinajstić information content (AvgIpc) is 3.26. The van der Waals surface area contributed by atoms with Gasteiger partial charge >= 0.3 is 0 Å². The van der Waals surface area contributed by atoms with Gasteiger partial charge in [-0.1, -0.05) is 12.1 Å². The second kappa shape index (κ2) is 7.90. The van der Waals surface area contributed by atoms with Crippen LogP contribution in [-0.4, -0.2) is 21.8 Å². The van der Waals surface area contributed by atoms with Gasteiger partial charge in [-0.2, -0.15) is 0 Å². The minimum absolute atomic E-state index is 0.0844. The molecule has 4 rings (SSSR count). The van der Waals surface area contributed by atoms with E-state index >= 15 is 0 Å². The topological polar surface area (TPSA) is 46.4 Å². The van der Waals surface area contributed by atoms with Crippen LogP contribution in [0.4, 0.5) is 8.78 Å². The van der Waals surface area contributed by atoms with Crippen molar-refractivity contribution in [3.05, 3.63) is 83.0 Å². The zero-order chi connectivity index (χ0) is 19.5. The van der Waals surface area contributed by atoms with Crippen LogP contribution < -0.4 is 5.32 Å². The lowest BCUT2D eigenvalue weighted by Crippen LogP contribution is -2.27. The van der Waals surface area contributed by atoms with Crippen LogP contribution in [0.3, 0.4) is 0 Å². The van der Waals surface area contributed by atoms with Crippen LogP contribution in [-0.2, 0) is 17.6 Å². The summed E-state index contributed by atoms with van der Waals surface area (Å²) in [4.78, 5) is 17.6. The van der Waals surface area contributed by atoms with Crippen molar-refractivity contribution in [2.75, 3.05) is 6.54 Å². The first-order valence-electron chi connectivity index (χ1n) is 8.81. The normalized spacial score (nSPS) is 11.1. The summed E-state index contributed by atoms with van der Waals surface area (Å²) in [5, 5.41) is 4.80. The molecular formula is C21H17F2N3OS. The third-order valence-electron chi connectivity index (χ3n) is 4.41. The van der Waals surface area contributed by atoms with E-state index in [1.54, 1.807) is 24.3 Å². The number of rotatable bonds is 6. The van der Waals surface area contributed by atoms with Gasteiger partial charge < -0.3 is 5.32 Å². The van der Waals surface area contributed by atoms with Crippen molar-refractivity contribution in [1.29, 1.82) is 0 Å². The van der Waals surface area contributed by atoms with Crippen molar-refractivity contribution in [2.45, 2.75) is 12.8 Å². The Bertz CT molecular complexity index is 1100. The number of imidazole rings is 1. The average molecular weight is 397 g/mol. The van der Waals surface area contributed by atoms with Crippen molar-refractivity contribution < 1.29 is 13.6 Å². The molecule has 0 aliphatic heterocycles. The first kappa shape index (κ1) is 18.3. The van der Waals surface area contributed by atoms with Crippen molar-refractivity contribution in [1.82, 2.24) is 14.7 Å². The molecule has 28 heavy (non-hydrogen) atoms. The van der Waals surface area contributed by atoms with Crippen LogP contribution in [0, 0.1) is 11.6 Å². The number of halogens is 2. The van der Waals surface area contributed by atoms with Gasteiger partial charge in [-0.15, -0.1) is 11.3 Å². The zero-order valence-electron chi connectivity index (χ0n) is 14.9. The number of carbonyl (C=O) groups excluding carboxylic acids is 1. The number of thiazole rings is 1. The number of nitrogens with zero attached hydrogens (tertiary/aromatic N) is 2. The van der Waals surface area contributed by atoms with Crippen LogP contribution in [0.25, 0.3) is 16.2 Å². The summed E-state index contributed by atoms with van der Waals surface area (Å²) in [6.07, 6.45) is 2.74. The number of amides is 1. The Morgan fingerprint density at radius 3 is 2.43 bits per heavy atom. The molecule has 4 nitrogen and oxygen atoms in total. The van der Waals surface area contributed by atoms with Gasteiger partial charge in [-0.25, -0.2) is 13.8 Å². The molecule has 1 N–H and O–H groups in total. The van der Waals surface area contributed by atoms with Gasteiger partial charge in [-0.3, -0.25) is 9.20 Å². The van der Waals surface area contributed by atoms with Gasteiger partial charge in [0.25, 0.3) is 0 Å². The van der Waals surface area contributed by atoms with E-state index in [4.69, 9.17) is 0 Å². The fourth-order valence-electron chi connectivity index (χ4n) is 2.94. The molecule has 1 amide bonds. The molecule has 0 spiro atoms. The molecule has 0 bridgehead atoms. The predicted octanol–water partition coefficient (Wildman–Crippen LogP) is 4.24. The van der Waals surface area contributed by atoms with Crippen molar-refractivity contribution >= 4 is 22.2 Å². The number of benzene rings is 2. The van der Waals surface area contributed by atoms with Crippen molar-refractivity contribution in [3.63, 3.8) is 0 Å². The monoisotopic (exact) mass is 397 g/mol. The number of fused-ring (bicyclic) bond motifs is 1. The SMILES string of the molecule is O=C(Cc1csc2nc(-c3ccc(F)cc3)cn12)NCCc1ccc(F)cc1. The van der Waals surface area contributed by atoms with Crippen LogP contribution in [0.15, 0.2) is 60.1 Å². The number of carbonyl (C=O) groups is 1. The summed E-state index contributed by atoms with van der Waals surface area (Å²) in [6.45, 7) is 0.489. The van der Waals surface area contributed by atoms with E-state index in [1.807, 2.05) is 16.0 Å². The smallest absolute Gasteiger partial charge is 0.225 e. The van der Waals surface area contributed by atoms with Gasteiger partial charge in [-0.05, 0) is 48.4 Å². The standard InChI is InChI=1S/C21H17F2N3OS/c22-16-5-1-14(2-6-16)9-10-24-20(27)11-18-13-28-21-25-19(12-26(18)21)15-3-7-17(23)8-4-15/h1-8,12-13H,9-11H2,(H,24,27). The fraction of sp³-hybridized carbons (Fsp3) is 0.143. The Balaban J connectivity index is 1.39. The molecule has 2 aromatic heterocycles. The maximum Gasteiger partial charge on any atom is 0.225 e. The molecule has 0 saturated carbocycles. The molecule has 0 aliphatic rings. The predicted molar refractivity (Wildman–Crippen MR) is 105 cm³/mol. The van der Waals surface area contributed by atoms with E-state index in [-0.39, 0.29) is 24.0 Å². The van der Waals surface area contributed by atoms with Crippen LogP contribution >= 0.6 is 11.3 Å². The molecule has 0 aliphatic carbocycles. The molecular weight excluding hydrogens is 380 g/mol. The van der Waals surface area contributed by atoms with Crippen molar-refractivity contribution in [2.24, 2.45) is 0 Å². The Labute approximate surface area is 164 Å². The van der Waals surface area contributed by atoms with E-state index in [1.165, 1.54) is 35.6 Å². The summed E-state index contributed by atoms with van der Waals surface area (Å²) >= 11 is 1.46. The highest BCUT2D eigenvalue weighted by molar-refractivity contribution is 7.15. The lowest BCUT2D eigenvalue weighted by Gasteiger charge is -2.05. The molecule has 142 valence electrons. The molecule has 0 radical (unpaired) electrons. The van der Waals surface area contributed by atoms with Crippen LogP contribution in [0.5, 0.6) is 0 Å². The maximum atomic E-state index is 13.1. The van der Waals surface area contributed by atoms with Crippen LogP contribution in [0.1, 0.15) is 11.3 Å².